The van der Waals surface area contributed by atoms with Crippen LogP contribution in [0.4, 0.5) is 8.78 Å². The Hall–Kier alpha value is -2.65. The zero-order chi connectivity index (χ0) is 21.5. The number of benzene rings is 2. The first-order valence-corrected chi connectivity index (χ1v) is 10.4. The van der Waals surface area contributed by atoms with Crippen LogP contribution in [-0.2, 0) is 18.3 Å². The van der Waals surface area contributed by atoms with Gasteiger partial charge in [-0.1, -0.05) is 47.6 Å². The lowest BCUT2D eigenvalue weighted by Gasteiger charge is -2.07. The number of hydrogen-bond donors (Lipinski definition) is 1. The Morgan fingerprint density at radius 2 is 1.93 bits per heavy atom. The van der Waals surface area contributed by atoms with E-state index in [2.05, 4.69) is 20.3 Å². The summed E-state index contributed by atoms with van der Waals surface area (Å²) < 4.78 is 30.4. The van der Waals surface area contributed by atoms with Crippen molar-refractivity contribution in [2.24, 2.45) is 7.05 Å². The van der Waals surface area contributed by atoms with Gasteiger partial charge in [0.25, 0.3) is 0 Å². The van der Waals surface area contributed by atoms with Crippen LogP contribution in [0.2, 0.25) is 5.02 Å². The number of carbonyl (C=O) groups excluding carboxylic acids is 1. The van der Waals surface area contributed by atoms with Crippen molar-refractivity contribution in [1.29, 1.82) is 0 Å². The van der Waals surface area contributed by atoms with Gasteiger partial charge in [0.15, 0.2) is 11.0 Å². The molecule has 0 aliphatic rings. The minimum absolute atomic E-state index is 0.106. The predicted octanol–water partition coefficient (Wildman–Crippen LogP) is 4.19. The number of carbonyl (C=O) groups is 1. The van der Waals surface area contributed by atoms with Crippen molar-refractivity contribution in [1.82, 2.24) is 20.1 Å². The van der Waals surface area contributed by atoms with Gasteiger partial charge < -0.3 is 14.6 Å². The van der Waals surface area contributed by atoms with Gasteiger partial charge in [0.05, 0.1) is 10.8 Å². The van der Waals surface area contributed by atoms with E-state index in [1.165, 1.54) is 23.9 Å². The van der Waals surface area contributed by atoms with Gasteiger partial charge in [-0.3, -0.25) is 4.79 Å². The second-order valence-electron chi connectivity index (χ2n) is 6.26. The lowest BCUT2D eigenvalue weighted by atomic mass is 10.1. The van der Waals surface area contributed by atoms with Crippen molar-refractivity contribution in [2.45, 2.75) is 18.2 Å². The summed E-state index contributed by atoms with van der Waals surface area (Å²) in [6.45, 7) is -2.42. The molecule has 1 amide bonds. The van der Waals surface area contributed by atoms with Crippen molar-refractivity contribution in [3.63, 3.8) is 0 Å². The van der Waals surface area contributed by atoms with Crippen LogP contribution in [0.1, 0.15) is 5.56 Å². The fourth-order valence-electron chi connectivity index (χ4n) is 2.68. The highest BCUT2D eigenvalue weighted by molar-refractivity contribution is 7.99. The number of ether oxygens (including phenoxy) is 1. The summed E-state index contributed by atoms with van der Waals surface area (Å²) in [5.41, 5.74) is 1.68. The summed E-state index contributed by atoms with van der Waals surface area (Å²) in [7, 11) is 1.82. The summed E-state index contributed by atoms with van der Waals surface area (Å²) in [5, 5.41) is 12.3. The fourth-order valence-corrected chi connectivity index (χ4v) is 3.64. The average Bonchev–Trinajstić information content (AvgIpc) is 3.08. The van der Waals surface area contributed by atoms with Crippen LogP contribution < -0.4 is 10.1 Å². The number of hydrogen-bond acceptors (Lipinski definition) is 5. The molecule has 0 radical (unpaired) electrons. The number of rotatable bonds is 9. The van der Waals surface area contributed by atoms with Crippen molar-refractivity contribution in [3.05, 3.63) is 59.1 Å². The molecule has 10 heteroatoms. The van der Waals surface area contributed by atoms with Crippen LogP contribution in [0.25, 0.3) is 11.4 Å². The maximum Gasteiger partial charge on any atom is 0.387 e. The fraction of sp³-hybridized carbons (Fsp3) is 0.250. The van der Waals surface area contributed by atoms with Crippen molar-refractivity contribution < 1.29 is 18.3 Å². The molecule has 0 aliphatic carbocycles. The lowest BCUT2D eigenvalue weighted by Crippen LogP contribution is -2.27. The maximum atomic E-state index is 12.2. The molecule has 6 nitrogen and oxygen atoms in total. The van der Waals surface area contributed by atoms with Gasteiger partial charge in [-0.25, -0.2) is 0 Å². The van der Waals surface area contributed by atoms with E-state index in [0.717, 1.165) is 11.1 Å². The minimum atomic E-state index is -2.85. The Labute approximate surface area is 181 Å². The van der Waals surface area contributed by atoms with Gasteiger partial charge in [0, 0.05) is 19.2 Å². The van der Waals surface area contributed by atoms with Gasteiger partial charge in [-0.05, 0) is 36.2 Å². The summed E-state index contributed by atoms with van der Waals surface area (Å²) in [5.74, 6) is 0.784. The summed E-state index contributed by atoms with van der Waals surface area (Å²) in [6, 6.07) is 13.7. The van der Waals surface area contributed by atoms with E-state index in [1.54, 1.807) is 22.8 Å². The number of alkyl halides is 2. The first-order chi connectivity index (χ1) is 14.4. The smallest absolute Gasteiger partial charge is 0.387 e. The Morgan fingerprint density at radius 1 is 1.20 bits per heavy atom. The van der Waals surface area contributed by atoms with Gasteiger partial charge in [-0.15, -0.1) is 10.2 Å². The van der Waals surface area contributed by atoms with Gasteiger partial charge in [0.2, 0.25) is 5.91 Å². The third-order valence-electron chi connectivity index (χ3n) is 4.17. The molecular weight excluding hydrogens is 434 g/mol. The van der Waals surface area contributed by atoms with Crippen LogP contribution in [0.15, 0.2) is 53.7 Å². The number of aromatic nitrogens is 3. The third-order valence-corrected chi connectivity index (χ3v) is 5.52. The average molecular weight is 453 g/mol. The van der Waals surface area contributed by atoms with Crippen LogP contribution in [0.5, 0.6) is 5.75 Å². The largest absolute Gasteiger partial charge is 0.435 e. The van der Waals surface area contributed by atoms with E-state index >= 15 is 0 Å². The summed E-state index contributed by atoms with van der Waals surface area (Å²) in [6.07, 6.45) is 0.575. The SMILES string of the molecule is Cn1c(SCC(=O)NCCc2ccc(OC(F)F)cc2)nnc1-c1ccccc1Cl. The highest BCUT2D eigenvalue weighted by atomic mass is 35.5. The topological polar surface area (TPSA) is 69.0 Å². The molecule has 1 aromatic heterocycles. The van der Waals surface area contributed by atoms with Crippen molar-refractivity contribution in [2.75, 3.05) is 12.3 Å². The number of thioether (sulfide) groups is 1. The zero-order valence-electron chi connectivity index (χ0n) is 16.0. The minimum Gasteiger partial charge on any atom is -0.435 e. The first-order valence-electron chi connectivity index (χ1n) is 9.01. The first kappa shape index (κ1) is 22.0. The van der Waals surface area contributed by atoms with E-state index in [0.29, 0.717) is 29.0 Å². The second-order valence-corrected chi connectivity index (χ2v) is 7.61. The Balaban J connectivity index is 1.46. The summed E-state index contributed by atoms with van der Waals surface area (Å²) >= 11 is 7.49. The van der Waals surface area contributed by atoms with Gasteiger partial charge in [-0.2, -0.15) is 8.78 Å². The molecule has 0 bridgehead atoms. The molecule has 2 aromatic carbocycles. The molecule has 0 saturated carbocycles. The van der Waals surface area contributed by atoms with Crippen molar-refractivity contribution >= 4 is 29.3 Å². The van der Waals surface area contributed by atoms with Crippen LogP contribution in [0, 0.1) is 0 Å². The Morgan fingerprint density at radius 3 is 2.63 bits per heavy atom. The van der Waals surface area contributed by atoms with Crippen LogP contribution >= 0.6 is 23.4 Å². The number of nitrogens with zero attached hydrogens (tertiary/aromatic N) is 3. The Bertz CT molecular complexity index is 999. The predicted molar refractivity (Wildman–Crippen MR) is 112 cm³/mol. The molecule has 0 aliphatic heterocycles. The van der Waals surface area contributed by atoms with Gasteiger partial charge in [0.1, 0.15) is 5.75 Å². The Kier molecular flexibility index (Phi) is 7.64. The molecule has 0 saturated heterocycles. The van der Waals surface area contributed by atoms with E-state index in [4.69, 9.17) is 11.6 Å². The number of nitrogens with one attached hydrogen (secondary N) is 1. The molecule has 3 rings (SSSR count). The zero-order valence-corrected chi connectivity index (χ0v) is 17.6. The highest BCUT2D eigenvalue weighted by Gasteiger charge is 2.14. The monoisotopic (exact) mass is 452 g/mol. The quantitative estimate of drug-likeness (QED) is 0.493. The van der Waals surface area contributed by atoms with Gasteiger partial charge >= 0.3 is 6.61 Å². The molecule has 0 atom stereocenters. The third kappa shape index (κ3) is 5.93. The molecular formula is C20H19ClF2N4O2S. The highest BCUT2D eigenvalue weighted by Crippen LogP contribution is 2.28. The van der Waals surface area contributed by atoms with E-state index in [1.807, 2.05) is 25.2 Å². The van der Waals surface area contributed by atoms with Crippen LogP contribution in [-0.4, -0.2) is 39.6 Å². The molecule has 0 fully saturated rings. The molecule has 1 N–H and O–H groups in total. The second kappa shape index (κ2) is 10.4. The molecule has 3 aromatic rings. The molecule has 0 spiro atoms. The number of amides is 1. The number of halogens is 3. The molecule has 0 unspecified atom stereocenters. The molecule has 1 heterocycles. The van der Waals surface area contributed by atoms with Crippen LogP contribution in [0.3, 0.4) is 0 Å². The molecule has 158 valence electrons. The normalized spacial score (nSPS) is 11.0. The van der Waals surface area contributed by atoms with E-state index in [9.17, 15) is 13.6 Å². The summed E-state index contributed by atoms with van der Waals surface area (Å²) in [4.78, 5) is 12.1. The van der Waals surface area contributed by atoms with E-state index in [-0.39, 0.29) is 17.4 Å². The maximum absolute atomic E-state index is 12.2. The van der Waals surface area contributed by atoms with E-state index < -0.39 is 6.61 Å². The van der Waals surface area contributed by atoms with Crippen molar-refractivity contribution in [3.8, 4) is 17.1 Å². The molecule has 30 heavy (non-hydrogen) atoms. The standard InChI is InChI=1S/C20H19ClF2N4O2S/c1-27-18(15-4-2-3-5-16(15)21)25-26-20(27)30-12-17(28)24-11-10-13-6-8-14(9-7-13)29-19(22)23/h2-9,19H,10-12H2,1H3,(H,24,28). The lowest BCUT2D eigenvalue weighted by molar-refractivity contribution is -0.118.